The fourth-order valence-corrected chi connectivity index (χ4v) is 5.05. The number of unbranched alkanes of at least 4 members (excludes halogenated alkanes) is 24. The van der Waals surface area contributed by atoms with E-state index in [-0.39, 0.29) is 0 Å². The molecule has 0 aliphatic carbocycles. The molecule has 236 valence electrons. The minimum atomic E-state index is -0.486. The van der Waals surface area contributed by atoms with E-state index in [1.165, 1.54) is 154 Å². The van der Waals surface area contributed by atoms with Crippen molar-refractivity contribution >= 4 is 6.16 Å². The lowest BCUT2D eigenvalue weighted by Gasteiger charge is -2.06. The minimum Gasteiger partial charge on any atom is -0.434 e. The Hall–Kier alpha value is -1.25. The van der Waals surface area contributed by atoms with E-state index in [0.29, 0.717) is 13.2 Å². The average Bonchev–Trinajstić information content (AvgIpc) is 2.96. The van der Waals surface area contributed by atoms with E-state index in [2.05, 4.69) is 38.2 Å². The molecule has 0 amide bonds. The van der Waals surface area contributed by atoms with Crippen LogP contribution in [0.15, 0.2) is 24.3 Å². The Labute approximate surface area is 251 Å². The van der Waals surface area contributed by atoms with E-state index in [1.54, 1.807) is 0 Å². The topological polar surface area (TPSA) is 35.5 Å². The smallest absolute Gasteiger partial charge is 0.434 e. The number of allylic oxidation sites excluding steroid dienone is 4. The molecule has 0 heterocycles. The minimum absolute atomic E-state index is 0.486. The highest BCUT2D eigenvalue weighted by atomic mass is 16.7. The molecule has 0 bridgehead atoms. The van der Waals surface area contributed by atoms with Gasteiger partial charge in [0.2, 0.25) is 0 Å². The number of carbonyl (C=O) groups is 1. The van der Waals surface area contributed by atoms with Crippen molar-refractivity contribution in [3.8, 4) is 0 Å². The maximum absolute atomic E-state index is 11.7. The predicted molar refractivity (Wildman–Crippen MR) is 176 cm³/mol. The van der Waals surface area contributed by atoms with E-state index in [9.17, 15) is 4.79 Å². The van der Waals surface area contributed by atoms with Crippen LogP contribution in [0.2, 0.25) is 0 Å². The summed E-state index contributed by atoms with van der Waals surface area (Å²) in [5.41, 5.74) is 0. The molecule has 0 aromatic rings. The average molecular weight is 563 g/mol. The van der Waals surface area contributed by atoms with Gasteiger partial charge in [0.25, 0.3) is 0 Å². The Bertz CT molecular complexity index is 494. The Balaban J connectivity index is 3.22. The number of ether oxygens (including phenoxy) is 2. The van der Waals surface area contributed by atoms with Crippen LogP contribution in [0.25, 0.3) is 0 Å². The third-order valence-corrected chi connectivity index (χ3v) is 7.75. The van der Waals surface area contributed by atoms with Crippen LogP contribution in [0.1, 0.15) is 194 Å². The second kappa shape index (κ2) is 35.8. The lowest BCUT2D eigenvalue weighted by atomic mass is 10.1. The first kappa shape index (κ1) is 38.8. The molecule has 0 aliphatic rings. The Morgan fingerprint density at radius 1 is 0.375 bits per heavy atom. The molecule has 0 saturated heterocycles. The van der Waals surface area contributed by atoms with Gasteiger partial charge in [-0.2, -0.15) is 0 Å². The van der Waals surface area contributed by atoms with Gasteiger partial charge in [-0.1, -0.05) is 154 Å². The first-order chi connectivity index (χ1) is 19.8. The van der Waals surface area contributed by atoms with Crippen LogP contribution in [0.4, 0.5) is 4.79 Å². The largest absolute Gasteiger partial charge is 0.508 e. The van der Waals surface area contributed by atoms with Crippen molar-refractivity contribution in [3.63, 3.8) is 0 Å². The summed E-state index contributed by atoms with van der Waals surface area (Å²) in [7, 11) is 0. The highest BCUT2D eigenvalue weighted by Crippen LogP contribution is 2.12. The van der Waals surface area contributed by atoms with Gasteiger partial charge in [0.1, 0.15) is 0 Å². The van der Waals surface area contributed by atoms with Crippen molar-refractivity contribution in [1.29, 1.82) is 0 Å². The molecule has 0 N–H and O–H groups in total. The summed E-state index contributed by atoms with van der Waals surface area (Å²) in [6.07, 6.45) is 45.0. The number of hydrogen-bond donors (Lipinski definition) is 0. The molecule has 0 spiro atoms. The molecule has 3 heteroatoms. The molecular weight excluding hydrogens is 492 g/mol. The zero-order valence-corrected chi connectivity index (χ0v) is 27.2. The highest BCUT2D eigenvalue weighted by Gasteiger charge is 2.03. The quantitative estimate of drug-likeness (QED) is 0.0464. The standard InChI is InChI=1S/C37H70O3/c1-3-5-7-9-11-13-15-17-19-21-23-25-27-29-31-33-35-39-37(38)40-36-34-32-30-28-26-24-22-20-18-16-14-12-10-8-6-4-2/h17-20H,3-16,21-36H2,1-2H3. The van der Waals surface area contributed by atoms with Crippen molar-refractivity contribution in [3.05, 3.63) is 24.3 Å². The van der Waals surface area contributed by atoms with Gasteiger partial charge < -0.3 is 9.47 Å². The van der Waals surface area contributed by atoms with E-state index < -0.39 is 6.16 Å². The summed E-state index contributed by atoms with van der Waals surface area (Å²) in [6.45, 7) is 5.54. The van der Waals surface area contributed by atoms with Gasteiger partial charge in [0.05, 0.1) is 13.2 Å². The summed E-state index contributed by atoms with van der Waals surface area (Å²) in [6, 6.07) is 0. The normalized spacial score (nSPS) is 11.7. The van der Waals surface area contributed by atoms with Crippen molar-refractivity contribution in [2.24, 2.45) is 0 Å². The van der Waals surface area contributed by atoms with Crippen molar-refractivity contribution in [2.75, 3.05) is 13.2 Å². The molecule has 0 rings (SSSR count). The van der Waals surface area contributed by atoms with E-state index in [0.717, 1.165) is 25.7 Å². The zero-order chi connectivity index (χ0) is 29.0. The van der Waals surface area contributed by atoms with Gasteiger partial charge in [-0.05, 0) is 64.2 Å². The maximum Gasteiger partial charge on any atom is 0.508 e. The Morgan fingerprint density at radius 3 is 0.925 bits per heavy atom. The summed E-state index contributed by atoms with van der Waals surface area (Å²) >= 11 is 0. The van der Waals surface area contributed by atoms with Gasteiger partial charge in [0.15, 0.2) is 0 Å². The third-order valence-electron chi connectivity index (χ3n) is 7.75. The van der Waals surface area contributed by atoms with Crippen LogP contribution in [0.5, 0.6) is 0 Å². The highest BCUT2D eigenvalue weighted by molar-refractivity contribution is 5.59. The lowest BCUT2D eigenvalue weighted by Crippen LogP contribution is -2.09. The van der Waals surface area contributed by atoms with Crippen LogP contribution in [0.3, 0.4) is 0 Å². The summed E-state index contributed by atoms with van der Waals surface area (Å²) in [5, 5.41) is 0. The maximum atomic E-state index is 11.7. The van der Waals surface area contributed by atoms with E-state index in [4.69, 9.17) is 9.47 Å². The SMILES string of the molecule is CCCCCCCCC=CCCCCCCCCOC(=O)OCCCCCCCCC=CCCCCCCCC. The molecule has 3 nitrogen and oxygen atoms in total. The van der Waals surface area contributed by atoms with Crippen LogP contribution in [0, 0.1) is 0 Å². The lowest BCUT2D eigenvalue weighted by molar-refractivity contribution is 0.0529. The van der Waals surface area contributed by atoms with Crippen LogP contribution < -0.4 is 0 Å². The molecule has 0 radical (unpaired) electrons. The fourth-order valence-electron chi connectivity index (χ4n) is 5.05. The number of rotatable bonds is 32. The Morgan fingerprint density at radius 2 is 0.625 bits per heavy atom. The molecule has 0 fully saturated rings. The summed E-state index contributed by atoms with van der Waals surface area (Å²) in [5.74, 6) is 0. The molecule has 0 aromatic heterocycles. The van der Waals surface area contributed by atoms with E-state index in [1.807, 2.05) is 0 Å². The van der Waals surface area contributed by atoms with Gasteiger partial charge in [-0.3, -0.25) is 0 Å². The van der Waals surface area contributed by atoms with Crippen molar-refractivity contribution in [2.45, 2.75) is 194 Å². The second-order valence-corrected chi connectivity index (χ2v) is 11.8. The van der Waals surface area contributed by atoms with Gasteiger partial charge >= 0.3 is 6.16 Å². The zero-order valence-electron chi connectivity index (χ0n) is 27.2. The Kier molecular flexibility index (Phi) is 34.7. The molecule has 0 atom stereocenters. The molecule has 0 saturated carbocycles. The van der Waals surface area contributed by atoms with Crippen LogP contribution >= 0.6 is 0 Å². The summed E-state index contributed by atoms with van der Waals surface area (Å²) < 4.78 is 10.4. The van der Waals surface area contributed by atoms with Gasteiger partial charge in [-0.15, -0.1) is 0 Å². The number of carbonyl (C=O) groups excluding carboxylic acids is 1. The molecular formula is C37H70O3. The first-order valence-electron chi connectivity index (χ1n) is 17.9. The molecule has 0 unspecified atom stereocenters. The first-order valence-corrected chi connectivity index (χ1v) is 17.9. The number of hydrogen-bond acceptors (Lipinski definition) is 3. The molecule has 0 aliphatic heterocycles. The van der Waals surface area contributed by atoms with E-state index >= 15 is 0 Å². The second-order valence-electron chi connectivity index (χ2n) is 11.8. The van der Waals surface area contributed by atoms with Gasteiger partial charge in [0, 0.05) is 0 Å². The monoisotopic (exact) mass is 563 g/mol. The van der Waals surface area contributed by atoms with Crippen molar-refractivity contribution < 1.29 is 14.3 Å². The van der Waals surface area contributed by atoms with Gasteiger partial charge in [-0.25, -0.2) is 4.79 Å². The third kappa shape index (κ3) is 34.8. The summed E-state index contributed by atoms with van der Waals surface area (Å²) in [4.78, 5) is 11.7. The predicted octanol–water partition coefficient (Wildman–Crippen LogP) is 13.2. The molecule has 0 aromatic carbocycles. The fraction of sp³-hybridized carbons (Fsp3) is 0.865. The van der Waals surface area contributed by atoms with Crippen LogP contribution in [-0.2, 0) is 9.47 Å². The van der Waals surface area contributed by atoms with Crippen molar-refractivity contribution in [1.82, 2.24) is 0 Å². The molecule has 40 heavy (non-hydrogen) atoms. The van der Waals surface area contributed by atoms with Crippen LogP contribution in [-0.4, -0.2) is 19.4 Å².